The normalized spacial score (nSPS) is 13.8. The molecule has 1 N–H and O–H groups in total. The Morgan fingerprint density at radius 1 is 1.33 bits per heavy atom. The molecule has 1 rings (SSSR count). The molecule has 5 nitrogen and oxygen atoms in total. The predicted molar refractivity (Wildman–Crippen MR) is 70.4 cm³/mol. The van der Waals surface area contributed by atoms with E-state index < -0.39 is 5.60 Å². The molecule has 0 aliphatic carbocycles. The summed E-state index contributed by atoms with van der Waals surface area (Å²) in [7, 11) is 1.70. The number of likely N-dealkylation sites (N-methyl/N-ethyl adjacent to an activating group) is 1. The molecular formula is C13H25N3O2. The molecule has 0 amide bonds. The highest BCUT2D eigenvalue weighted by atomic mass is 16.5. The smallest absolute Gasteiger partial charge is 0.228 e. The average molecular weight is 255 g/mol. The Hall–Kier alpha value is -0.940. The molecule has 5 heteroatoms. The Kier molecular flexibility index (Phi) is 5.75. The molecule has 1 unspecified atom stereocenters. The molecular weight excluding hydrogens is 230 g/mol. The van der Waals surface area contributed by atoms with Crippen molar-refractivity contribution >= 4 is 0 Å². The molecule has 1 aromatic rings. The number of nitrogens with zero attached hydrogens (tertiary/aromatic N) is 2. The average Bonchev–Trinajstić information content (AvgIpc) is 2.81. The van der Waals surface area contributed by atoms with Gasteiger partial charge in [0.15, 0.2) is 0 Å². The van der Waals surface area contributed by atoms with Crippen LogP contribution in [-0.2, 0) is 16.8 Å². The van der Waals surface area contributed by atoms with Crippen molar-refractivity contribution in [1.82, 2.24) is 15.5 Å². The van der Waals surface area contributed by atoms with E-state index in [-0.39, 0.29) is 0 Å². The Morgan fingerprint density at radius 3 is 2.50 bits per heavy atom. The lowest BCUT2D eigenvalue weighted by Gasteiger charge is -2.25. The van der Waals surface area contributed by atoms with E-state index in [4.69, 9.17) is 9.26 Å². The van der Waals surface area contributed by atoms with E-state index in [0.717, 1.165) is 25.8 Å². The highest BCUT2D eigenvalue weighted by Gasteiger charge is 2.33. The second-order valence-corrected chi connectivity index (χ2v) is 4.58. The molecule has 0 fully saturated rings. The summed E-state index contributed by atoms with van der Waals surface area (Å²) in [5.41, 5.74) is -0.414. The van der Waals surface area contributed by atoms with Crippen LogP contribution in [0, 0.1) is 0 Å². The first-order valence-electron chi connectivity index (χ1n) is 6.73. The molecule has 0 saturated carbocycles. The summed E-state index contributed by atoms with van der Waals surface area (Å²) in [6.07, 6.45) is 2.41. The molecule has 0 aliphatic heterocycles. The van der Waals surface area contributed by atoms with Crippen molar-refractivity contribution in [1.29, 1.82) is 0 Å². The van der Waals surface area contributed by atoms with E-state index in [2.05, 4.69) is 43.2 Å². The molecule has 1 heterocycles. The highest BCUT2D eigenvalue weighted by Crippen LogP contribution is 2.30. The molecule has 0 radical (unpaired) electrons. The Labute approximate surface area is 109 Å². The third-order valence-corrected chi connectivity index (χ3v) is 3.44. The van der Waals surface area contributed by atoms with Crippen LogP contribution in [0.5, 0.6) is 0 Å². The van der Waals surface area contributed by atoms with Crippen LogP contribution in [0.2, 0.25) is 0 Å². The van der Waals surface area contributed by atoms with Gasteiger partial charge in [0, 0.05) is 19.6 Å². The molecule has 0 saturated heterocycles. The van der Waals surface area contributed by atoms with Gasteiger partial charge < -0.3 is 14.6 Å². The van der Waals surface area contributed by atoms with E-state index in [1.807, 2.05) is 0 Å². The third kappa shape index (κ3) is 3.29. The van der Waals surface area contributed by atoms with Gasteiger partial charge >= 0.3 is 0 Å². The van der Waals surface area contributed by atoms with Crippen molar-refractivity contribution in [3.05, 3.63) is 11.7 Å². The SMILES string of the molecule is CCNC(C)Cc1nc(C(CC)(CC)OC)no1. The Balaban J connectivity index is 2.78. The summed E-state index contributed by atoms with van der Waals surface area (Å²) in [4.78, 5) is 4.47. The van der Waals surface area contributed by atoms with Crippen LogP contribution in [0.3, 0.4) is 0 Å². The minimum absolute atomic E-state index is 0.337. The highest BCUT2D eigenvalue weighted by molar-refractivity contribution is 5.01. The lowest BCUT2D eigenvalue weighted by molar-refractivity contribution is -0.0306. The van der Waals surface area contributed by atoms with E-state index in [9.17, 15) is 0 Å². The molecule has 18 heavy (non-hydrogen) atoms. The molecule has 104 valence electrons. The molecule has 0 aromatic carbocycles. The molecule has 1 atom stereocenters. The summed E-state index contributed by atoms with van der Waals surface area (Å²) in [6.45, 7) is 9.28. The first-order chi connectivity index (χ1) is 8.61. The fourth-order valence-corrected chi connectivity index (χ4v) is 2.15. The van der Waals surface area contributed by atoms with Gasteiger partial charge in [0.25, 0.3) is 0 Å². The van der Waals surface area contributed by atoms with Gasteiger partial charge in [-0.05, 0) is 26.3 Å². The maximum Gasteiger partial charge on any atom is 0.228 e. The molecule has 1 aromatic heterocycles. The second-order valence-electron chi connectivity index (χ2n) is 4.58. The Bertz CT molecular complexity index is 339. The van der Waals surface area contributed by atoms with Crippen molar-refractivity contribution < 1.29 is 9.26 Å². The number of aromatic nitrogens is 2. The minimum atomic E-state index is -0.414. The zero-order valence-corrected chi connectivity index (χ0v) is 12.1. The number of methoxy groups -OCH3 is 1. The summed E-state index contributed by atoms with van der Waals surface area (Å²) < 4.78 is 10.9. The first-order valence-corrected chi connectivity index (χ1v) is 6.73. The van der Waals surface area contributed by atoms with Crippen molar-refractivity contribution in [2.24, 2.45) is 0 Å². The van der Waals surface area contributed by atoms with E-state index >= 15 is 0 Å². The van der Waals surface area contributed by atoms with Gasteiger partial charge in [-0.1, -0.05) is 25.9 Å². The lowest BCUT2D eigenvalue weighted by Crippen LogP contribution is -2.29. The predicted octanol–water partition coefficient (Wildman–Crippen LogP) is 2.27. The fraction of sp³-hybridized carbons (Fsp3) is 0.846. The van der Waals surface area contributed by atoms with Crippen LogP contribution in [0.15, 0.2) is 4.52 Å². The van der Waals surface area contributed by atoms with Crippen LogP contribution in [0.25, 0.3) is 0 Å². The standard InChI is InChI=1S/C13H25N3O2/c1-6-13(7-2,17-5)12-15-11(18-16-12)9-10(4)14-8-3/h10,14H,6-9H2,1-5H3. The van der Waals surface area contributed by atoms with Crippen LogP contribution in [0.1, 0.15) is 52.3 Å². The van der Waals surface area contributed by atoms with E-state index in [1.165, 1.54) is 0 Å². The summed E-state index contributed by atoms with van der Waals surface area (Å²) in [6, 6.07) is 0.337. The number of ether oxygens (including phenoxy) is 1. The summed E-state index contributed by atoms with van der Waals surface area (Å²) in [5.74, 6) is 1.33. The van der Waals surface area contributed by atoms with Crippen LogP contribution < -0.4 is 5.32 Å². The van der Waals surface area contributed by atoms with Gasteiger partial charge in [-0.3, -0.25) is 0 Å². The fourth-order valence-electron chi connectivity index (χ4n) is 2.15. The van der Waals surface area contributed by atoms with E-state index in [0.29, 0.717) is 17.8 Å². The van der Waals surface area contributed by atoms with Crippen LogP contribution in [-0.4, -0.2) is 29.8 Å². The maximum atomic E-state index is 5.59. The van der Waals surface area contributed by atoms with Gasteiger partial charge in [0.2, 0.25) is 11.7 Å². The molecule has 0 bridgehead atoms. The Morgan fingerprint density at radius 2 is 2.00 bits per heavy atom. The lowest BCUT2D eigenvalue weighted by atomic mass is 9.96. The zero-order valence-electron chi connectivity index (χ0n) is 12.1. The van der Waals surface area contributed by atoms with Gasteiger partial charge in [0.05, 0.1) is 0 Å². The van der Waals surface area contributed by atoms with Gasteiger partial charge in [-0.2, -0.15) is 4.98 Å². The quantitative estimate of drug-likeness (QED) is 0.772. The van der Waals surface area contributed by atoms with Crippen molar-refractivity contribution in [3.8, 4) is 0 Å². The van der Waals surface area contributed by atoms with Crippen LogP contribution in [0.4, 0.5) is 0 Å². The number of hydrogen-bond donors (Lipinski definition) is 1. The van der Waals surface area contributed by atoms with E-state index in [1.54, 1.807) is 7.11 Å². The van der Waals surface area contributed by atoms with Crippen molar-refractivity contribution in [3.63, 3.8) is 0 Å². The second kappa shape index (κ2) is 6.85. The zero-order chi connectivity index (χ0) is 13.6. The monoisotopic (exact) mass is 255 g/mol. The largest absolute Gasteiger partial charge is 0.370 e. The number of nitrogens with one attached hydrogen (secondary N) is 1. The van der Waals surface area contributed by atoms with Crippen LogP contribution >= 0.6 is 0 Å². The first kappa shape index (κ1) is 15.1. The maximum absolute atomic E-state index is 5.59. The van der Waals surface area contributed by atoms with Gasteiger partial charge in [0.1, 0.15) is 5.60 Å². The topological polar surface area (TPSA) is 60.2 Å². The molecule has 0 spiro atoms. The van der Waals surface area contributed by atoms with Crippen molar-refractivity contribution in [2.75, 3.05) is 13.7 Å². The van der Waals surface area contributed by atoms with Crippen molar-refractivity contribution in [2.45, 2.75) is 58.6 Å². The minimum Gasteiger partial charge on any atom is -0.370 e. The number of hydrogen-bond acceptors (Lipinski definition) is 5. The number of rotatable bonds is 8. The summed E-state index contributed by atoms with van der Waals surface area (Å²) in [5, 5.41) is 7.40. The van der Waals surface area contributed by atoms with Gasteiger partial charge in [-0.25, -0.2) is 0 Å². The summed E-state index contributed by atoms with van der Waals surface area (Å²) >= 11 is 0. The molecule has 0 aliphatic rings. The third-order valence-electron chi connectivity index (χ3n) is 3.44. The van der Waals surface area contributed by atoms with Gasteiger partial charge in [-0.15, -0.1) is 0 Å².